The third-order valence-electron chi connectivity index (χ3n) is 5.20. The van der Waals surface area contributed by atoms with E-state index in [9.17, 15) is 18.4 Å². The maximum absolute atomic E-state index is 14.7. The third-order valence-corrected chi connectivity index (χ3v) is 5.20. The summed E-state index contributed by atoms with van der Waals surface area (Å²) in [7, 11) is 0. The van der Waals surface area contributed by atoms with E-state index in [4.69, 9.17) is 10.8 Å². The molecule has 1 aromatic heterocycles. The maximum atomic E-state index is 14.7. The van der Waals surface area contributed by atoms with Crippen LogP contribution in [0.25, 0.3) is 0 Å². The molecule has 0 radical (unpaired) electrons. The molecule has 1 aromatic carbocycles. The first-order valence-electron chi connectivity index (χ1n) is 9.53. The molecular weight excluding hydrogens is 396 g/mol. The van der Waals surface area contributed by atoms with Gasteiger partial charge in [-0.1, -0.05) is 6.42 Å². The molecule has 0 aliphatic heterocycles. The van der Waals surface area contributed by atoms with Gasteiger partial charge in [-0.25, -0.2) is 18.6 Å². The number of rotatable bonds is 8. The second-order valence-electron chi connectivity index (χ2n) is 7.31. The summed E-state index contributed by atoms with van der Waals surface area (Å²) in [5.41, 5.74) is 5.62. The Morgan fingerprint density at radius 2 is 1.87 bits per heavy atom. The van der Waals surface area contributed by atoms with Gasteiger partial charge in [-0.2, -0.15) is 0 Å². The van der Waals surface area contributed by atoms with Gasteiger partial charge in [0.25, 0.3) is 5.91 Å². The van der Waals surface area contributed by atoms with E-state index in [1.807, 2.05) is 0 Å². The number of hydrogen-bond acceptors (Lipinski definition) is 5. The molecular formula is C20H23F2N5O3. The first-order valence-corrected chi connectivity index (χ1v) is 9.53. The molecule has 10 heteroatoms. The zero-order valence-electron chi connectivity index (χ0n) is 16.3. The lowest BCUT2D eigenvalue weighted by molar-refractivity contribution is 0.1000. The highest BCUT2D eigenvalue weighted by Gasteiger charge is 2.33. The Hall–Kier alpha value is -3.43. The number of carbonyl (C=O) groups excluding carboxylic acids is 1. The van der Waals surface area contributed by atoms with Crippen molar-refractivity contribution in [3.05, 3.63) is 47.5 Å². The first kappa shape index (κ1) is 21.3. The number of nitrogens with zero attached hydrogens (tertiary/aromatic N) is 1. The molecule has 0 unspecified atom stereocenters. The Bertz CT molecular complexity index is 935. The van der Waals surface area contributed by atoms with Gasteiger partial charge in [-0.15, -0.1) is 0 Å². The van der Waals surface area contributed by atoms with Crippen LogP contribution in [0.15, 0.2) is 30.3 Å². The molecule has 0 saturated heterocycles. The van der Waals surface area contributed by atoms with Crippen molar-refractivity contribution in [3.8, 4) is 0 Å². The molecule has 2 amide bonds. The lowest BCUT2D eigenvalue weighted by atomic mass is 9.77. The standard InChI is InChI=1S/C20H23F2N5O3/c1-10(24-20(29)30)16(11-3-2-4-11)26-19-15(22)9-14(17(23)28)18(27-19)25-13-7-5-12(21)6-8-13/h5-11,16,24H,2-4H2,1H3,(H2,23,28)(H,29,30)(H2,25,26,27)/t10-,16+/m0/s1. The number of hydrogen-bond donors (Lipinski definition) is 5. The minimum Gasteiger partial charge on any atom is -0.465 e. The number of amides is 2. The van der Waals surface area contributed by atoms with Gasteiger partial charge in [0.2, 0.25) is 0 Å². The van der Waals surface area contributed by atoms with E-state index in [0.29, 0.717) is 5.69 Å². The number of carbonyl (C=O) groups is 2. The number of pyridine rings is 1. The van der Waals surface area contributed by atoms with Crippen molar-refractivity contribution < 1.29 is 23.5 Å². The number of carboxylic acid groups (broad SMARTS) is 1. The zero-order valence-corrected chi connectivity index (χ0v) is 16.3. The number of primary amides is 1. The average molecular weight is 419 g/mol. The number of aromatic nitrogens is 1. The summed E-state index contributed by atoms with van der Waals surface area (Å²) < 4.78 is 27.9. The van der Waals surface area contributed by atoms with Gasteiger partial charge in [0.05, 0.1) is 11.6 Å². The fourth-order valence-corrected chi connectivity index (χ4v) is 3.44. The lowest BCUT2D eigenvalue weighted by Gasteiger charge is -2.38. The quantitative estimate of drug-likeness (QED) is 0.446. The Morgan fingerprint density at radius 3 is 2.40 bits per heavy atom. The van der Waals surface area contributed by atoms with Crippen molar-refractivity contribution in [3.63, 3.8) is 0 Å². The normalized spacial score (nSPS) is 15.6. The Morgan fingerprint density at radius 1 is 1.20 bits per heavy atom. The molecule has 1 saturated carbocycles. The highest BCUT2D eigenvalue weighted by molar-refractivity contribution is 5.98. The van der Waals surface area contributed by atoms with Crippen LogP contribution in [-0.4, -0.2) is 34.2 Å². The predicted molar refractivity (Wildman–Crippen MR) is 108 cm³/mol. The fraction of sp³-hybridized carbons (Fsp3) is 0.350. The molecule has 1 aliphatic rings. The van der Waals surface area contributed by atoms with E-state index in [2.05, 4.69) is 20.9 Å². The molecule has 8 nitrogen and oxygen atoms in total. The number of halogens is 2. The van der Waals surface area contributed by atoms with Crippen LogP contribution in [0.1, 0.15) is 36.5 Å². The van der Waals surface area contributed by atoms with Crippen molar-refractivity contribution in [2.45, 2.75) is 38.3 Å². The molecule has 30 heavy (non-hydrogen) atoms. The largest absolute Gasteiger partial charge is 0.465 e. The van der Waals surface area contributed by atoms with E-state index < -0.39 is 35.7 Å². The Balaban J connectivity index is 1.91. The van der Waals surface area contributed by atoms with Gasteiger partial charge >= 0.3 is 6.09 Å². The van der Waals surface area contributed by atoms with Gasteiger partial charge in [-0.3, -0.25) is 4.79 Å². The van der Waals surface area contributed by atoms with Crippen LogP contribution < -0.4 is 21.7 Å². The number of benzene rings is 1. The van der Waals surface area contributed by atoms with Crippen molar-refractivity contribution in [1.82, 2.24) is 10.3 Å². The summed E-state index contributed by atoms with van der Waals surface area (Å²) in [4.78, 5) is 27.0. The molecule has 2 aromatic rings. The summed E-state index contributed by atoms with van der Waals surface area (Å²) in [6.07, 6.45) is 1.59. The van der Waals surface area contributed by atoms with Crippen LogP contribution in [0.2, 0.25) is 0 Å². The number of anilines is 3. The summed E-state index contributed by atoms with van der Waals surface area (Å²) in [6.45, 7) is 1.69. The van der Waals surface area contributed by atoms with Crippen molar-refractivity contribution in [2.24, 2.45) is 11.7 Å². The van der Waals surface area contributed by atoms with E-state index in [1.54, 1.807) is 6.92 Å². The molecule has 3 rings (SSSR count). The Labute approximate surface area is 171 Å². The second-order valence-corrected chi connectivity index (χ2v) is 7.31. The monoisotopic (exact) mass is 419 g/mol. The maximum Gasteiger partial charge on any atom is 0.404 e. The van der Waals surface area contributed by atoms with Gasteiger partial charge in [-0.05, 0) is 56.0 Å². The second kappa shape index (κ2) is 8.93. The molecule has 1 heterocycles. The van der Waals surface area contributed by atoms with Gasteiger partial charge in [0, 0.05) is 11.7 Å². The summed E-state index contributed by atoms with van der Waals surface area (Å²) >= 11 is 0. The summed E-state index contributed by atoms with van der Waals surface area (Å²) in [5, 5.41) is 17.3. The van der Waals surface area contributed by atoms with Crippen LogP contribution in [0.5, 0.6) is 0 Å². The lowest BCUT2D eigenvalue weighted by Crippen LogP contribution is -2.50. The molecule has 0 bridgehead atoms. The SMILES string of the molecule is C[C@H](NC(=O)O)[C@@H](Nc1nc(Nc2ccc(F)cc2)c(C(N)=O)cc1F)C1CCC1. The molecule has 160 valence electrons. The third kappa shape index (κ3) is 4.94. The van der Waals surface area contributed by atoms with E-state index in [1.165, 1.54) is 24.3 Å². The van der Waals surface area contributed by atoms with Crippen LogP contribution in [-0.2, 0) is 0 Å². The minimum absolute atomic E-state index is 0.00390. The highest BCUT2D eigenvalue weighted by Crippen LogP contribution is 2.33. The molecule has 1 aliphatic carbocycles. The summed E-state index contributed by atoms with van der Waals surface area (Å²) in [5.74, 6) is -2.09. The van der Waals surface area contributed by atoms with Crippen molar-refractivity contribution >= 4 is 29.3 Å². The van der Waals surface area contributed by atoms with Crippen LogP contribution in [0.4, 0.5) is 30.9 Å². The van der Waals surface area contributed by atoms with Gasteiger partial charge in [0.1, 0.15) is 11.6 Å². The van der Waals surface area contributed by atoms with Crippen molar-refractivity contribution in [1.29, 1.82) is 0 Å². The Kier molecular flexibility index (Phi) is 6.34. The zero-order chi connectivity index (χ0) is 21.8. The summed E-state index contributed by atoms with van der Waals surface area (Å²) in [6, 6.07) is 5.40. The number of nitrogens with one attached hydrogen (secondary N) is 3. The van der Waals surface area contributed by atoms with Gasteiger partial charge < -0.3 is 26.8 Å². The fourth-order valence-electron chi connectivity index (χ4n) is 3.44. The van der Waals surface area contributed by atoms with Crippen LogP contribution >= 0.6 is 0 Å². The van der Waals surface area contributed by atoms with E-state index >= 15 is 0 Å². The minimum atomic E-state index is -1.18. The van der Waals surface area contributed by atoms with E-state index in [0.717, 1.165) is 25.3 Å². The highest BCUT2D eigenvalue weighted by atomic mass is 19.1. The topological polar surface area (TPSA) is 129 Å². The van der Waals surface area contributed by atoms with E-state index in [-0.39, 0.29) is 23.1 Å². The predicted octanol–water partition coefficient (Wildman–Crippen LogP) is 3.44. The number of nitrogens with two attached hydrogens (primary N) is 1. The molecule has 6 N–H and O–H groups in total. The average Bonchev–Trinajstić information content (AvgIpc) is 2.63. The smallest absolute Gasteiger partial charge is 0.404 e. The van der Waals surface area contributed by atoms with Crippen molar-refractivity contribution in [2.75, 3.05) is 10.6 Å². The molecule has 0 spiro atoms. The van der Waals surface area contributed by atoms with Gasteiger partial charge in [0.15, 0.2) is 11.6 Å². The molecule has 1 fully saturated rings. The molecule has 2 atom stereocenters. The first-order chi connectivity index (χ1) is 14.2. The van der Waals surface area contributed by atoms with Crippen LogP contribution in [0.3, 0.4) is 0 Å². The van der Waals surface area contributed by atoms with Crippen LogP contribution in [0, 0.1) is 17.6 Å².